The minimum atomic E-state index is 0.158. The summed E-state index contributed by atoms with van der Waals surface area (Å²) in [5.74, 6) is 0.878. The van der Waals surface area contributed by atoms with Crippen LogP contribution in [-0.2, 0) is 0 Å². The Morgan fingerprint density at radius 3 is 2.65 bits per heavy atom. The van der Waals surface area contributed by atoms with Gasteiger partial charge >= 0.3 is 0 Å². The van der Waals surface area contributed by atoms with Crippen LogP contribution in [0.25, 0.3) is 0 Å². The third-order valence-corrected chi connectivity index (χ3v) is 3.76. The van der Waals surface area contributed by atoms with Crippen molar-refractivity contribution < 1.29 is 4.79 Å². The summed E-state index contributed by atoms with van der Waals surface area (Å²) in [6.07, 6.45) is 3.59. The van der Waals surface area contributed by atoms with Crippen LogP contribution < -0.4 is 5.32 Å². The second kappa shape index (κ2) is 6.78. The molecule has 1 aliphatic rings. The molecule has 2 rings (SSSR count). The Labute approximate surface area is 122 Å². The van der Waals surface area contributed by atoms with Crippen molar-refractivity contribution in [3.63, 3.8) is 0 Å². The lowest BCUT2D eigenvalue weighted by Crippen LogP contribution is -2.38. The van der Waals surface area contributed by atoms with Gasteiger partial charge in [-0.3, -0.25) is 4.79 Å². The standard InChI is InChI=1S/C17H26N2O/c1-4-11-18-16-8-6-5-7-15(16)17(20)19(13(2)3)12-14-9-10-14/h5-8,13-14,18H,4,9-12H2,1-3H3. The minimum absolute atomic E-state index is 0.158. The number of benzene rings is 1. The van der Waals surface area contributed by atoms with Gasteiger partial charge < -0.3 is 10.2 Å². The number of amides is 1. The summed E-state index contributed by atoms with van der Waals surface area (Å²) in [7, 11) is 0. The monoisotopic (exact) mass is 274 g/mol. The highest BCUT2D eigenvalue weighted by molar-refractivity contribution is 5.99. The molecule has 3 nitrogen and oxygen atoms in total. The number of para-hydroxylation sites is 1. The molecule has 0 spiro atoms. The van der Waals surface area contributed by atoms with Gasteiger partial charge in [-0.1, -0.05) is 19.1 Å². The maximum absolute atomic E-state index is 12.8. The molecular formula is C17H26N2O. The van der Waals surface area contributed by atoms with Gasteiger partial charge in [-0.25, -0.2) is 0 Å². The number of nitrogens with zero attached hydrogens (tertiary/aromatic N) is 1. The van der Waals surface area contributed by atoms with Gasteiger partial charge in [0.05, 0.1) is 5.56 Å². The fraction of sp³-hybridized carbons (Fsp3) is 0.588. The van der Waals surface area contributed by atoms with Crippen molar-refractivity contribution in [2.24, 2.45) is 5.92 Å². The van der Waals surface area contributed by atoms with Crippen molar-refractivity contribution in [1.82, 2.24) is 4.90 Å². The fourth-order valence-corrected chi connectivity index (χ4v) is 2.34. The summed E-state index contributed by atoms with van der Waals surface area (Å²) in [5.41, 5.74) is 1.76. The number of nitrogens with one attached hydrogen (secondary N) is 1. The van der Waals surface area contributed by atoms with Crippen molar-refractivity contribution in [3.05, 3.63) is 29.8 Å². The maximum Gasteiger partial charge on any atom is 0.256 e. The number of anilines is 1. The summed E-state index contributed by atoms with van der Waals surface area (Å²) in [4.78, 5) is 14.8. The summed E-state index contributed by atoms with van der Waals surface area (Å²) >= 11 is 0. The Kier molecular flexibility index (Phi) is 5.05. The second-order valence-corrected chi connectivity index (χ2v) is 5.97. The first-order valence-corrected chi connectivity index (χ1v) is 7.77. The smallest absolute Gasteiger partial charge is 0.256 e. The van der Waals surface area contributed by atoms with Crippen molar-refractivity contribution in [2.75, 3.05) is 18.4 Å². The molecule has 3 heteroatoms. The Balaban J connectivity index is 2.16. The summed E-state index contributed by atoms with van der Waals surface area (Å²) in [5, 5.41) is 3.36. The fourth-order valence-electron chi connectivity index (χ4n) is 2.34. The lowest BCUT2D eigenvalue weighted by atomic mass is 10.1. The summed E-state index contributed by atoms with van der Waals surface area (Å²) < 4.78 is 0. The minimum Gasteiger partial charge on any atom is -0.384 e. The van der Waals surface area contributed by atoms with E-state index in [1.54, 1.807) is 0 Å². The number of hydrogen-bond donors (Lipinski definition) is 1. The third kappa shape index (κ3) is 3.75. The van der Waals surface area contributed by atoms with E-state index in [4.69, 9.17) is 0 Å². The Bertz CT molecular complexity index is 452. The molecule has 0 aliphatic heterocycles. The Hall–Kier alpha value is -1.51. The van der Waals surface area contributed by atoms with Crippen LogP contribution in [0.15, 0.2) is 24.3 Å². The number of carbonyl (C=O) groups excluding carboxylic acids is 1. The van der Waals surface area contributed by atoms with Crippen molar-refractivity contribution in [2.45, 2.75) is 46.1 Å². The van der Waals surface area contributed by atoms with Gasteiger partial charge in [0, 0.05) is 24.8 Å². The lowest BCUT2D eigenvalue weighted by Gasteiger charge is -2.28. The lowest BCUT2D eigenvalue weighted by molar-refractivity contribution is 0.0697. The molecule has 20 heavy (non-hydrogen) atoms. The third-order valence-electron chi connectivity index (χ3n) is 3.76. The average molecular weight is 274 g/mol. The van der Waals surface area contributed by atoms with Crippen molar-refractivity contribution in [1.29, 1.82) is 0 Å². The van der Waals surface area contributed by atoms with Crippen molar-refractivity contribution in [3.8, 4) is 0 Å². The first-order chi connectivity index (χ1) is 9.63. The van der Waals surface area contributed by atoms with E-state index in [-0.39, 0.29) is 11.9 Å². The molecule has 1 N–H and O–H groups in total. The van der Waals surface area contributed by atoms with E-state index in [0.29, 0.717) is 0 Å². The highest BCUT2D eigenvalue weighted by atomic mass is 16.2. The van der Waals surface area contributed by atoms with Crippen LogP contribution in [0.2, 0.25) is 0 Å². The number of carbonyl (C=O) groups is 1. The molecule has 1 aliphatic carbocycles. The van der Waals surface area contributed by atoms with Crippen LogP contribution in [0.1, 0.15) is 50.4 Å². The van der Waals surface area contributed by atoms with Crippen LogP contribution in [0.5, 0.6) is 0 Å². The maximum atomic E-state index is 12.8. The molecule has 0 unspecified atom stereocenters. The van der Waals surface area contributed by atoms with Gasteiger partial charge in [0.25, 0.3) is 5.91 Å². The van der Waals surface area contributed by atoms with Gasteiger partial charge in [-0.05, 0) is 51.2 Å². The highest BCUT2D eigenvalue weighted by Gasteiger charge is 2.29. The molecule has 0 atom stereocenters. The quantitative estimate of drug-likeness (QED) is 0.821. The molecule has 1 aromatic carbocycles. The number of rotatable bonds is 7. The number of hydrogen-bond acceptors (Lipinski definition) is 2. The zero-order valence-electron chi connectivity index (χ0n) is 12.9. The first kappa shape index (κ1) is 14.9. The molecule has 1 aromatic rings. The second-order valence-electron chi connectivity index (χ2n) is 5.97. The van der Waals surface area contributed by atoms with Crippen LogP contribution >= 0.6 is 0 Å². The van der Waals surface area contributed by atoms with E-state index in [2.05, 4.69) is 26.1 Å². The molecule has 0 bridgehead atoms. The molecular weight excluding hydrogens is 248 g/mol. The van der Waals surface area contributed by atoms with E-state index in [1.807, 2.05) is 29.2 Å². The highest BCUT2D eigenvalue weighted by Crippen LogP contribution is 2.31. The summed E-state index contributed by atoms with van der Waals surface area (Å²) in [6, 6.07) is 8.11. The summed E-state index contributed by atoms with van der Waals surface area (Å²) in [6.45, 7) is 8.13. The van der Waals surface area contributed by atoms with Gasteiger partial charge in [0.15, 0.2) is 0 Å². The topological polar surface area (TPSA) is 32.3 Å². The average Bonchev–Trinajstić information content (AvgIpc) is 3.26. The van der Waals surface area contributed by atoms with E-state index >= 15 is 0 Å². The molecule has 0 aromatic heterocycles. The Morgan fingerprint density at radius 2 is 2.05 bits per heavy atom. The molecule has 0 saturated heterocycles. The normalized spacial score (nSPS) is 14.4. The SMILES string of the molecule is CCCNc1ccccc1C(=O)N(CC1CC1)C(C)C. The zero-order chi connectivity index (χ0) is 14.5. The van der Waals surface area contributed by atoms with Crippen LogP contribution in [0.4, 0.5) is 5.69 Å². The predicted octanol–water partition coefficient (Wildman–Crippen LogP) is 3.77. The van der Waals surface area contributed by atoms with Crippen LogP contribution in [0, 0.1) is 5.92 Å². The van der Waals surface area contributed by atoms with Gasteiger partial charge in [0.1, 0.15) is 0 Å². The molecule has 1 fully saturated rings. The van der Waals surface area contributed by atoms with Crippen molar-refractivity contribution >= 4 is 11.6 Å². The molecule has 0 heterocycles. The van der Waals surface area contributed by atoms with Crippen LogP contribution in [-0.4, -0.2) is 29.9 Å². The van der Waals surface area contributed by atoms with E-state index in [1.165, 1.54) is 12.8 Å². The predicted molar refractivity (Wildman–Crippen MR) is 84.1 cm³/mol. The molecule has 0 radical (unpaired) electrons. The molecule has 110 valence electrons. The van der Waals surface area contributed by atoms with Gasteiger partial charge in [-0.15, -0.1) is 0 Å². The van der Waals surface area contributed by atoms with E-state index in [0.717, 1.165) is 36.7 Å². The Morgan fingerprint density at radius 1 is 1.35 bits per heavy atom. The molecule has 1 amide bonds. The first-order valence-electron chi connectivity index (χ1n) is 7.77. The molecule has 1 saturated carbocycles. The zero-order valence-corrected chi connectivity index (χ0v) is 12.9. The van der Waals surface area contributed by atoms with Gasteiger partial charge in [0.2, 0.25) is 0 Å². The van der Waals surface area contributed by atoms with Gasteiger partial charge in [-0.2, -0.15) is 0 Å². The van der Waals surface area contributed by atoms with E-state index < -0.39 is 0 Å². The largest absolute Gasteiger partial charge is 0.384 e. The van der Waals surface area contributed by atoms with Crippen LogP contribution in [0.3, 0.4) is 0 Å². The van der Waals surface area contributed by atoms with E-state index in [9.17, 15) is 4.79 Å².